The van der Waals surface area contributed by atoms with E-state index in [0.29, 0.717) is 5.69 Å². The van der Waals surface area contributed by atoms with Crippen LogP contribution in [0, 0.1) is 12.7 Å². The fourth-order valence-electron chi connectivity index (χ4n) is 1.68. The van der Waals surface area contributed by atoms with Gasteiger partial charge in [0.15, 0.2) is 0 Å². The van der Waals surface area contributed by atoms with Crippen LogP contribution in [0.2, 0.25) is 5.02 Å². The Morgan fingerprint density at radius 1 is 1.26 bits per heavy atom. The number of hydrogen-bond acceptors (Lipinski definition) is 3. The summed E-state index contributed by atoms with van der Waals surface area (Å²) in [6.07, 6.45) is 0. The topological polar surface area (TPSA) is 70.0 Å². The average Bonchev–Trinajstić information content (AvgIpc) is 2.33. The summed E-state index contributed by atoms with van der Waals surface area (Å²) in [6.45, 7) is 1.61. The van der Waals surface area contributed by atoms with Crippen LogP contribution in [0.1, 0.15) is 5.69 Å². The highest BCUT2D eigenvalue weighted by Gasteiger charge is 2.14. The Kier molecular flexibility index (Phi) is 3.20. The number of halogens is 2. The summed E-state index contributed by atoms with van der Waals surface area (Å²) in [5, 5.41) is 0.0261. The molecule has 0 spiro atoms. The van der Waals surface area contributed by atoms with Crippen LogP contribution in [0.4, 0.5) is 10.1 Å². The van der Waals surface area contributed by atoms with Crippen molar-refractivity contribution >= 4 is 17.3 Å². The lowest BCUT2D eigenvalue weighted by Crippen LogP contribution is -2.38. The van der Waals surface area contributed by atoms with Gasteiger partial charge in [-0.3, -0.25) is 4.79 Å². The van der Waals surface area contributed by atoms with Crippen molar-refractivity contribution in [3.63, 3.8) is 0 Å². The predicted molar refractivity (Wildman–Crippen MR) is 71.4 cm³/mol. The van der Waals surface area contributed by atoms with Gasteiger partial charge in [-0.25, -0.2) is 13.8 Å². The van der Waals surface area contributed by atoms with E-state index in [1.165, 1.54) is 17.7 Å². The van der Waals surface area contributed by atoms with Crippen molar-refractivity contribution in [2.75, 3.05) is 5.73 Å². The molecule has 1 aromatic carbocycles. The summed E-state index contributed by atoms with van der Waals surface area (Å²) < 4.78 is 15.8. The first-order valence-electron chi connectivity index (χ1n) is 5.37. The second-order valence-corrected chi connectivity index (χ2v) is 4.53. The number of aryl methyl sites for hydroxylation is 1. The van der Waals surface area contributed by atoms with Gasteiger partial charge in [0.05, 0.1) is 16.4 Å². The largest absolute Gasteiger partial charge is 0.397 e. The third-order valence-corrected chi connectivity index (χ3v) is 3.19. The van der Waals surface area contributed by atoms with Gasteiger partial charge in [0.1, 0.15) is 5.82 Å². The Hall–Kier alpha value is -2.08. The third kappa shape index (κ3) is 2.15. The molecule has 1 aromatic heterocycles. The maximum atomic E-state index is 13.9. The Morgan fingerprint density at radius 3 is 2.53 bits per heavy atom. The lowest BCUT2D eigenvalue weighted by Gasteiger charge is -2.11. The smallest absolute Gasteiger partial charge is 0.335 e. The molecule has 0 saturated carbocycles. The first-order valence-corrected chi connectivity index (χ1v) is 5.75. The van der Waals surface area contributed by atoms with Gasteiger partial charge >= 0.3 is 5.69 Å². The molecule has 1 heterocycles. The SMILES string of the molecule is Cc1cc(=O)n(-c2cc(N)c(Cl)cc2F)c(=O)n1C. The molecule has 5 nitrogen and oxygen atoms in total. The van der Waals surface area contributed by atoms with E-state index < -0.39 is 17.1 Å². The number of benzene rings is 1. The molecule has 0 unspecified atom stereocenters. The molecular formula is C12H11ClFN3O2. The van der Waals surface area contributed by atoms with Crippen molar-refractivity contribution in [1.82, 2.24) is 9.13 Å². The van der Waals surface area contributed by atoms with E-state index in [1.54, 1.807) is 6.92 Å². The molecule has 0 aliphatic rings. The second kappa shape index (κ2) is 4.55. The molecule has 2 rings (SSSR count). The Balaban J connectivity index is 2.88. The van der Waals surface area contributed by atoms with E-state index in [9.17, 15) is 14.0 Å². The van der Waals surface area contributed by atoms with Crippen LogP contribution in [0.25, 0.3) is 5.69 Å². The number of anilines is 1. The molecule has 2 N–H and O–H groups in total. The highest BCUT2D eigenvalue weighted by atomic mass is 35.5. The Labute approximate surface area is 112 Å². The number of hydrogen-bond donors (Lipinski definition) is 1. The van der Waals surface area contributed by atoms with Gasteiger partial charge in [0.2, 0.25) is 0 Å². The molecule has 0 radical (unpaired) electrons. The van der Waals surface area contributed by atoms with Gasteiger partial charge in [-0.05, 0) is 19.1 Å². The molecule has 19 heavy (non-hydrogen) atoms. The van der Waals surface area contributed by atoms with Crippen molar-refractivity contribution in [2.45, 2.75) is 6.92 Å². The average molecular weight is 284 g/mol. The van der Waals surface area contributed by atoms with Crippen LogP contribution in [-0.4, -0.2) is 9.13 Å². The summed E-state index contributed by atoms with van der Waals surface area (Å²) in [6, 6.07) is 3.37. The first-order chi connectivity index (χ1) is 8.82. The van der Waals surface area contributed by atoms with Crippen molar-refractivity contribution < 1.29 is 4.39 Å². The van der Waals surface area contributed by atoms with Crippen molar-refractivity contribution in [1.29, 1.82) is 0 Å². The summed E-state index contributed by atoms with van der Waals surface area (Å²) in [5.41, 5.74) is 4.66. The molecule has 0 aliphatic heterocycles. The number of aromatic nitrogens is 2. The fraction of sp³-hybridized carbons (Fsp3) is 0.167. The zero-order valence-electron chi connectivity index (χ0n) is 10.3. The molecule has 0 atom stereocenters. The quantitative estimate of drug-likeness (QED) is 0.800. The minimum atomic E-state index is -0.790. The summed E-state index contributed by atoms with van der Waals surface area (Å²) in [7, 11) is 1.49. The summed E-state index contributed by atoms with van der Waals surface area (Å²) in [4.78, 5) is 23.9. The van der Waals surface area contributed by atoms with Crippen molar-refractivity contribution in [3.8, 4) is 5.69 Å². The molecule has 100 valence electrons. The molecule has 0 fully saturated rings. The van der Waals surface area contributed by atoms with Gasteiger partial charge in [-0.15, -0.1) is 0 Å². The van der Waals surface area contributed by atoms with E-state index in [2.05, 4.69) is 0 Å². The molecule has 0 saturated heterocycles. The predicted octanol–water partition coefficient (Wildman–Crippen LogP) is 1.22. The lowest BCUT2D eigenvalue weighted by molar-refractivity contribution is 0.605. The number of nitrogen functional groups attached to an aromatic ring is 1. The Morgan fingerprint density at radius 2 is 1.89 bits per heavy atom. The van der Waals surface area contributed by atoms with Crippen LogP contribution in [-0.2, 0) is 7.05 Å². The zero-order valence-corrected chi connectivity index (χ0v) is 11.0. The van der Waals surface area contributed by atoms with Crippen LogP contribution >= 0.6 is 11.6 Å². The van der Waals surface area contributed by atoms with E-state index in [1.807, 2.05) is 0 Å². The maximum absolute atomic E-state index is 13.9. The van der Waals surface area contributed by atoms with Crippen LogP contribution in [0.5, 0.6) is 0 Å². The molecular weight excluding hydrogens is 273 g/mol. The van der Waals surface area contributed by atoms with Crippen LogP contribution in [0.15, 0.2) is 27.8 Å². The minimum Gasteiger partial charge on any atom is -0.397 e. The summed E-state index contributed by atoms with van der Waals surface area (Å²) >= 11 is 5.67. The molecule has 0 aliphatic carbocycles. The lowest BCUT2D eigenvalue weighted by atomic mass is 10.2. The standard InChI is InChI=1S/C12H11ClFN3O2/c1-6-3-11(18)17(12(19)16(6)2)10-5-9(15)7(13)4-8(10)14/h3-5H,15H2,1-2H3. The normalized spacial score (nSPS) is 10.7. The molecule has 0 bridgehead atoms. The van der Waals surface area contributed by atoms with Crippen molar-refractivity contribution in [2.24, 2.45) is 7.05 Å². The third-order valence-electron chi connectivity index (χ3n) is 2.87. The van der Waals surface area contributed by atoms with Crippen LogP contribution in [0.3, 0.4) is 0 Å². The van der Waals surface area contributed by atoms with Gasteiger partial charge in [0.25, 0.3) is 5.56 Å². The Bertz CT molecular complexity index is 780. The molecule has 0 amide bonds. The van der Waals surface area contributed by atoms with E-state index in [4.69, 9.17) is 17.3 Å². The molecule has 2 aromatic rings. The monoisotopic (exact) mass is 283 g/mol. The fourth-order valence-corrected chi connectivity index (χ4v) is 1.83. The highest BCUT2D eigenvalue weighted by molar-refractivity contribution is 6.33. The van der Waals surface area contributed by atoms with Gasteiger partial charge in [-0.2, -0.15) is 0 Å². The summed E-state index contributed by atoms with van der Waals surface area (Å²) in [5.74, 6) is -0.790. The van der Waals surface area contributed by atoms with Gasteiger partial charge < -0.3 is 10.3 Å². The van der Waals surface area contributed by atoms with E-state index in [-0.39, 0.29) is 16.4 Å². The zero-order chi connectivity index (χ0) is 14.3. The second-order valence-electron chi connectivity index (χ2n) is 4.13. The van der Waals surface area contributed by atoms with E-state index in [0.717, 1.165) is 16.7 Å². The number of nitrogens with two attached hydrogens (primary N) is 1. The minimum absolute atomic E-state index is 0.0261. The van der Waals surface area contributed by atoms with Crippen molar-refractivity contribution in [3.05, 3.63) is 55.6 Å². The number of nitrogens with zero attached hydrogens (tertiary/aromatic N) is 2. The molecule has 7 heteroatoms. The maximum Gasteiger partial charge on any atom is 0.335 e. The number of rotatable bonds is 1. The first kappa shape index (κ1) is 13.4. The van der Waals surface area contributed by atoms with Crippen LogP contribution < -0.4 is 17.0 Å². The highest BCUT2D eigenvalue weighted by Crippen LogP contribution is 2.23. The van der Waals surface area contributed by atoms with E-state index >= 15 is 0 Å². The van der Waals surface area contributed by atoms with Gasteiger partial charge in [-0.1, -0.05) is 11.6 Å². The van der Waals surface area contributed by atoms with Gasteiger partial charge in [0, 0.05) is 18.8 Å².